The number of anilines is 1. The van der Waals surface area contributed by atoms with Gasteiger partial charge in [-0.3, -0.25) is 0 Å². The minimum Gasteiger partial charge on any atom is -0.477 e. The molecule has 6 heteroatoms. The van der Waals surface area contributed by atoms with Crippen LogP contribution in [0.25, 0.3) is 17.0 Å². The van der Waals surface area contributed by atoms with E-state index < -0.39 is 5.97 Å². The summed E-state index contributed by atoms with van der Waals surface area (Å²) in [5.74, 6) is -1.29. The molecule has 2 aromatic rings. The highest BCUT2D eigenvalue weighted by molar-refractivity contribution is 7.71. The molecule has 0 aliphatic rings. The van der Waals surface area contributed by atoms with Gasteiger partial charge in [-0.05, 0) is 50.3 Å². The predicted molar refractivity (Wildman–Crippen MR) is 91.8 cm³/mol. The normalized spacial score (nSPS) is 11.3. The number of rotatable bonds is 5. The molecule has 0 fully saturated rings. The highest BCUT2D eigenvalue weighted by atomic mass is 32.1. The van der Waals surface area contributed by atoms with Gasteiger partial charge in [0.2, 0.25) is 0 Å². The Hall–Kier alpha value is -2.65. The van der Waals surface area contributed by atoms with E-state index in [9.17, 15) is 4.79 Å². The maximum atomic E-state index is 10.9. The Morgan fingerprint density at radius 1 is 1.39 bits per heavy atom. The van der Waals surface area contributed by atoms with Crippen molar-refractivity contribution in [3.63, 3.8) is 0 Å². The van der Waals surface area contributed by atoms with Gasteiger partial charge in [-0.15, -0.1) is 0 Å². The van der Waals surface area contributed by atoms with Crippen molar-refractivity contribution in [2.24, 2.45) is 0 Å². The van der Waals surface area contributed by atoms with Crippen LogP contribution in [0.3, 0.4) is 0 Å². The van der Waals surface area contributed by atoms with Gasteiger partial charge in [-0.2, -0.15) is 5.26 Å². The molecule has 0 radical (unpaired) electrons. The minimum atomic E-state index is -1.29. The lowest BCUT2D eigenvalue weighted by atomic mass is 10.1. The lowest BCUT2D eigenvalue weighted by Crippen LogP contribution is -2.21. The Labute approximate surface area is 139 Å². The fourth-order valence-electron chi connectivity index (χ4n) is 2.30. The number of fused-ring (bicyclic) bond motifs is 1. The van der Waals surface area contributed by atoms with Crippen molar-refractivity contribution in [1.82, 2.24) is 0 Å². The third-order valence-corrected chi connectivity index (χ3v) is 3.84. The van der Waals surface area contributed by atoms with Gasteiger partial charge in [0.25, 0.3) is 0 Å². The Balaban J connectivity index is 2.56. The SMILES string of the molecule is CCN(CC)c1ccc2cc(C=C(C#N)C(=O)O)c(=S)oc2c1. The van der Waals surface area contributed by atoms with E-state index in [0.717, 1.165) is 24.2 Å². The molecule has 1 aromatic carbocycles. The molecule has 0 saturated heterocycles. The third kappa shape index (κ3) is 3.58. The van der Waals surface area contributed by atoms with Gasteiger partial charge in [-0.25, -0.2) is 4.79 Å². The van der Waals surface area contributed by atoms with Gasteiger partial charge in [-0.1, -0.05) is 0 Å². The van der Waals surface area contributed by atoms with Crippen molar-refractivity contribution in [3.05, 3.63) is 40.1 Å². The van der Waals surface area contributed by atoms with Crippen molar-refractivity contribution < 1.29 is 14.3 Å². The standard InChI is InChI=1S/C17H16N2O3S/c1-3-19(4-2)14-6-5-11-7-12(8-13(10-18)16(20)21)17(23)22-15(11)9-14/h5-9H,3-4H2,1-2H3,(H,20,21). The van der Waals surface area contributed by atoms with E-state index >= 15 is 0 Å². The molecule has 0 aliphatic carbocycles. The van der Waals surface area contributed by atoms with E-state index in [1.807, 2.05) is 18.2 Å². The first-order valence-electron chi connectivity index (χ1n) is 7.18. The number of carboxylic acid groups (broad SMARTS) is 1. The van der Waals surface area contributed by atoms with Crippen molar-refractivity contribution in [2.75, 3.05) is 18.0 Å². The summed E-state index contributed by atoms with van der Waals surface area (Å²) < 4.78 is 5.79. The molecule has 1 N–H and O–H groups in total. The van der Waals surface area contributed by atoms with Gasteiger partial charge in [0.15, 0.2) is 4.71 Å². The van der Waals surface area contributed by atoms with Gasteiger partial charge in [0.05, 0.1) is 0 Å². The zero-order valence-electron chi connectivity index (χ0n) is 12.9. The third-order valence-electron chi connectivity index (χ3n) is 3.53. The number of hydrogen-bond donors (Lipinski definition) is 1. The molecule has 118 valence electrons. The molecule has 5 nitrogen and oxygen atoms in total. The van der Waals surface area contributed by atoms with Crippen LogP contribution in [0.4, 0.5) is 5.69 Å². The van der Waals surface area contributed by atoms with Gasteiger partial charge in [0.1, 0.15) is 17.2 Å². The summed E-state index contributed by atoms with van der Waals surface area (Å²) in [6, 6.07) is 9.14. The molecule has 0 atom stereocenters. The summed E-state index contributed by atoms with van der Waals surface area (Å²) in [4.78, 5) is 13.1. The molecule has 0 unspecified atom stereocenters. The Morgan fingerprint density at radius 3 is 2.65 bits per heavy atom. The maximum absolute atomic E-state index is 10.9. The summed E-state index contributed by atoms with van der Waals surface area (Å²) in [7, 11) is 0. The molecule has 0 spiro atoms. The summed E-state index contributed by atoms with van der Waals surface area (Å²) >= 11 is 5.17. The first-order chi connectivity index (χ1) is 11.0. The molecule has 0 bridgehead atoms. The van der Waals surface area contributed by atoms with Crippen LogP contribution in [0.15, 0.2) is 34.3 Å². The van der Waals surface area contributed by atoms with Gasteiger partial charge < -0.3 is 14.4 Å². The van der Waals surface area contributed by atoms with Crippen LogP contribution in [0.1, 0.15) is 19.4 Å². The Kier molecular flexibility index (Phi) is 5.14. The number of nitrogens with zero attached hydrogens (tertiary/aromatic N) is 2. The average Bonchev–Trinajstić information content (AvgIpc) is 2.53. The molecular weight excluding hydrogens is 312 g/mol. The van der Waals surface area contributed by atoms with Crippen LogP contribution in [-0.2, 0) is 4.79 Å². The molecule has 0 amide bonds. The van der Waals surface area contributed by atoms with Gasteiger partial charge >= 0.3 is 5.97 Å². The quantitative estimate of drug-likeness (QED) is 0.508. The van der Waals surface area contributed by atoms with E-state index in [2.05, 4.69) is 18.7 Å². The average molecular weight is 328 g/mol. The second-order valence-corrected chi connectivity index (χ2v) is 5.23. The van der Waals surface area contributed by atoms with E-state index in [4.69, 9.17) is 27.0 Å². The van der Waals surface area contributed by atoms with Crippen molar-refractivity contribution in [2.45, 2.75) is 13.8 Å². The van der Waals surface area contributed by atoms with E-state index in [0.29, 0.717) is 11.1 Å². The maximum Gasteiger partial charge on any atom is 0.346 e. The van der Waals surface area contributed by atoms with E-state index in [1.54, 1.807) is 12.1 Å². The molecule has 0 saturated carbocycles. The zero-order chi connectivity index (χ0) is 17.0. The van der Waals surface area contributed by atoms with E-state index in [1.165, 1.54) is 6.08 Å². The second kappa shape index (κ2) is 7.07. The number of carbonyl (C=O) groups is 1. The van der Waals surface area contributed by atoms with Crippen LogP contribution in [0.5, 0.6) is 0 Å². The highest BCUT2D eigenvalue weighted by Gasteiger charge is 2.09. The number of benzene rings is 1. The molecular formula is C17H16N2O3S. The fourth-order valence-corrected chi connectivity index (χ4v) is 2.51. The van der Waals surface area contributed by atoms with Crippen LogP contribution in [-0.4, -0.2) is 24.2 Å². The predicted octanol–water partition coefficient (Wildman–Crippen LogP) is 4.00. The number of carboxylic acids is 1. The molecule has 0 aliphatic heterocycles. The van der Waals surface area contributed by atoms with Crippen molar-refractivity contribution in [1.29, 1.82) is 5.26 Å². The van der Waals surface area contributed by atoms with Crippen LogP contribution in [0, 0.1) is 16.0 Å². The minimum absolute atomic E-state index is 0.156. The summed E-state index contributed by atoms with van der Waals surface area (Å²) in [5.41, 5.74) is 1.69. The zero-order valence-corrected chi connectivity index (χ0v) is 13.7. The largest absolute Gasteiger partial charge is 0.477 e. The second-order valence-electron chi connectivity index (χ2n) is 4.86. The topological polar surface area (TPSA) is 77.5 Å². The fraction of sp³-hybridized carbons (Fsp3) is 0.235. The molecule has 23 heavy (non-hydrogen) atoms. The smallest absolute Gasteiger partial charge is 0.346 e. The summed E-state index contributed by atoms with van der Waals surface area (Å²) in [6.07, 6.45) is 1.23. The van der Waals surface area contributed by atoms with Crippen LogP contribution in [0.2, 0.25) is 0 Å². The summed E-state index contributed by atoms with van der Waals surface area (Å²) in [5, 5.41) is 18.6. The lowest BCUT2D eigenvalue weighted by molar-refractivity contribution is -0.132. The molecule has 2 rings (SSSR count). The Morgan fingerprint density at radius 2 is 2.09 bits per heavy atom. The monoisotopic (exact) mass is 328 g/mol. The van der Waals surface area contributed by atoms with E-state index in [-0.39, 0.29) is 10.3 Å². The number of nitriles is 1. The highest BCUT2D eigenvalue weighted by Crippen LogP contribution is 2.25. The van der Waals surface area contributed by atoms with Crippen LogP contribution >= 0.6 is 12.2 Å². The summed E-state index contributed by atoms with van der Waals surface area (Å²) in [6.45, 7) is 5.92. The molecule has 1 heterocycles. The van der Waals surface area contributed by atoms with Crippen molar-refractivity contribution >= 4 is 40.9 Å². The van der Waals surface area contributed by atoms with Gasteiger partial charge in [0, 0.05) is 35.8 Å². The number of aliphatic carboxylic acids is 1. The number of hydrogen-bond acceptors (Lipinski definition) is 5. The lowest BCUT2D eigenvalue weighted by Gasteiger charge is -2.21. The Bertz CT molecular complexity index is 874. The van der Waals surface area contributed by atoms with Crippen molar-refractivity contribution in [3.8, 4) is 6.07 Å². The first-order valence-corrected chi connectivity index (χ1v) is 7.58. The molecule has 1 aromatic heterocycles. The van der Waals surface area contributed by atoms with Crippen LogP contribution < -0.4 is 4.90 Å². The first kappa shape index (κ1) is 16.7.